The molecule has 33 heavy (non-hydrogen) atoms. The van der Waals surface area contributed by atoms with Crippen LogP contribution in [0.25, 0.3) is 16.5 Å². The molecule has 2 aromatic rings. The quantitative estimate of drug-likeness (QED) is 0.544. The Hall–Kier alpha value is -2.17. The van der Waals surface area contributed by atoms with Crippen molar-refractivity contribution in [3.8, 4) is 0 Å². The molecule has 4 nitrogen and oxygen atoms in total. The second-order valence-corrected chi connectivity index (χ2v) is 10.6. The predicted octanol–water partition coefficient (Wildman–Crippen LogP) is 6.79. The Kier molecular flexibility index (Phi) is 6.58. The van der Waals surface area contributed by atoms with Crippen molar-refractivity contribution in [3.05, 3.63) is 52.7 Å². The van der Waals surface area contributed by atoms with E-state index in [-0.39, 0.29) is 0 Å². The minimum Gasteiger partial charge on any atom is -0.378 e. The van der Waals surface area contributed by atoms with E-state index in [0.717, 1.165) is 44.6 Å². The highest BCUT2D eigenvalue weighted by Gasteiger charge is 2.30. The third-order valence-electron chi connectivity index (χ3n) is 8.01. The van der Waals surface area contributed by atoms with E-state index >= 15 is 0 Å². The fourth-order valence-corrected chi connectivity index (χ4v) is 5.87. The Morgan fingerprint density at radius 3 is 2.52 bits per heavy atom. The van der Waals surface area contributed by atoms with Gasteiger partial charge in [0.15, 0.2) is 0 Å². The zero-order chi connectivity index (χ0) is 22.9. The molecule has 4 heteroatoms. The van der Waals surface area contributed by atoms with Gasteiger partial charge >= 0.3 is 0 Å². The Bertz CT molecular complexity index is 1080. The van der Waals surface area contributed by atoms with Crippen molar-refractivity contribution in [1.82, 2.24) is 9.88 Å². The lowest BCUT2D eigenvalue weighted by Crippen LogP contribution is -2.51. The lowest BCUT2D eigenvalue weighted by atomic mass is 9.86. The van der Waals surface area contributed by atoms with Crippen molar-refractivity contribution in [2.75, 3.05) is 26.3 Å². The highest BCUT2D eigenvalue weighted by atomic mass is 16.5. The van der Waals surface area contributed by atoms with Crippen LogP contribution in [0.2, 0.25) is 0 Å². The molecule has 1 aromatic heterocycles. The van der Waals surface area contributed by atoms with Crippen molar-refractivity contribution in [2.45, 2.75) is 77.2 Å². The van der Waals surface area contributed by atoms with Crippen LogP contribution < -0.4 is 0 Å². The first-order valence-electron chi connectivity index (χ1n) is 12.9. The van der Waals surface area contributed by atoms with Gasteiger partial charge in [-0.25, -0.2) is 0 Å². The summed E-state index contributed by atoms with van der Waals surface area (Å²) in [6.07, 6.45) is 11.0. The molecule has 5 rings (SSSR count). The second kappa shape index (κ2) is 9.60. The van der Waals surface area contributed by atoms with E-state index < -0.39 is 0 Å². The number of hydrogen-bond acceptors (Lipinski definition) is 3. The number of nitrogens with zero attached hydrogens (tertiary/aromatic N) is 1. The third kappa shape index (κ3) is 4.61. The van der Waals surface area contributed by atoms with E-state index in [2.05, 4.69) is 54.9 Å². The van der Waals surface area contributed by atoms with Gasteiger partial charge in [0, 0.05) is 22.3 Å². The van der Waals surface area contributed by atoms with Gasteiger partial charge in [-0.3, -0.25) is 4.90 Å². The van der Waals surface area contributed by atoms with Crippen LogP contribution in [0.3, 0.4) is 0 Å². The van der Waals surface area contributed by atoms with Crippen LogP contribution in [0.1, 0.15) is 88.0 Å². The number of piperidine rings is 1. The fourth-order valence-electron chi connectivity index (χ4n) is 5.87. The summed E-state index contributed by atoms with van der Waals surface area (Å²) in [4.78, 5) is 6.42. The van der Waals surface area contributed by atoms with Gasteiger partial charge in [-0.05, 0) is 105 Å². The van der Waals surface area contributed by atoms with Crippen molar-refractivity contribution in [3.63, 3.8) is 0 Å². The Morgan fingerprint density at radius 2 is 1.82 bits per heavy atom. The lowest BCUT2D eigenvalue weighted by molar-refractivity contribution is -0.0712. The molecule has 3 heterocycles. The van der Waals surface area contributed by atoms with Crippen molar-refractivity contribution in [1.29, 1.82) is 5.41 Å². The van der Waals surface area contributed by atoms with Gasteiger partial charge in [0.25, 0.3) is 0 Å². The second-order valence-electron chi connectivity index (χ2n) is 10.6. The van der Waals surface area contributed by atoms with Crippen molar-refractivity contribution < 1.29 is 4.74 Å². The van der Waals surface area contributed by atoms with Crippen LogP contribution in [-0.2, 0) is 4.74 Å². The van der Waals surface area contributed by atoms with E-state index in [1.807, 2.05) is 6.08 Å². The monoisotopic (exact) mass is 445 g/mol. The molecule has 1 aromatic carbocycles. The largest absolute Gasteiger partial charge is 0.378 e. The molecule has 0 radical (unpaired) electrons. The van der Waals surface area contributed by atoms with Crippen LogP contribution in [0.4, 0.5) is 0 Å². The molecule has 0 unspecified atom stereocenters. The lowest BCUT2D eigenvalue weighted by Gasteiger charge is -2.41. The van der Waals surface area contributed by atoms with E-state index in [1.165, 1.54) is 64.8 Å². The summed E-state index contributed by atoms with van der Waals surface area (Å²) in [5, 5.41) is 9.64. The molecule has 0 amide bonds. The standard InChI is InChI=1S/C29H39N3O/c1-19(2)28-26-16-22(21-12-14-32(15-13-21)24-17-33-18-24)8-11-27(26)31-29(28)25-10-9-23(30)7-5-4-6-20(25)3/h8-11,16,19,21,24,30-31H,4-7,12-15,17-18H2,1-3H3/b10-9-,25-20+,30-23?. The summed E-state index contributed by atoms with van der Waals surface area (Å²) >= 11 is 0. The number of nitrogens with one attached hydrogen (secondary N) is 2. The molecule has 2 saturated heterocycles. The molecular formula is C29H39N3O. The number of allylic oxidation sites excluding steroid dienone is 4. The molecule has 2 aliphatic heterocycles. The average molecular weight is 446 g/mol. The van der Waals surface area contributed by atoms with Gasteiger partial charge < -0.3 is 15.1 Å². The van der Waals surface area contributed by atoms with Gasteiger partial charge in [0.2, 0.25) is 0 Å². The predicted molar refractivity (Wildman–Crippen MR) is 138 cm³/mol. The zero-order valence-corrected chi connectivity index (χ0v) is 20.5. The summed E-state index contributed by atoms with van der Waals surface area (Å²) in [5.41, 5.74) is 8.90. The van der Waals surface area contributed by atoms with Crippen molar-refractivity contribution in [2.24, 2.45) is 0 Å². The highest BCUT2D eigenvalue weighted by molar-refractivity contribution is 5.97. The maximum absolute atomic E-state index is 8.26. The molecule has 2 N–H and O–H groups in total. The van der Waals surface area contributed by atoms with E-state index in [1.54, 1.807) is 0 Å². The number of ether oxygens (including phenoxy) is 1. The summed E-state index contributed by atoms with van der Waals surface area (Å²) in [6.45, 7) is 11.1. The van der Waals surface area contributed by atoms with Gasteiger partial charge in [-0.15, -0.1) is 0 Å². The Morgan fingerprint density at radius 1 is 1.06 bits per heavy atom. The summed E-state index contributed by atoms with van der Waals surface area (Å²) in [7, 11) is 0. The number of hydrogen-bond donors (Lipinski definition) is 2. The summed E-state index contributed by atoms with van der Waals surface area (Å²) < 4.78 is 5.41. The SMILES string of the molecule is C/C1=C(c2[nH]c3ccc(C4CCN(C5COC5)CC4)cc3c2C(C)C)/C=C\C(=N)CCCC1. The van der Waals surface area contributed by atoms with Gasteiger partial charge in [0.05, 0.1) is 19.3 Å². The number of aromatic amines is 1. The third-order valence-corrected chi connectivity index (χ3v) is 8.01. The molecule has 0 atom stereocenters. The van der Waals surface area contributed by atoms with E-state index in [0.29, 0.717) is 17.9 Å². The zero-order valence-electron chi connectivity index (χ0n) is 20.5. The van der Waals surface area contributed by atoms with Crippen LogP contribution in [0.15, 0.2) is 35.9 Å². The van der Waals surface area contributed by atoms with Crippen LogP contribution in [0.5, 0.6) is 0 Å². The number of aromatic nitrogens is 1. The summed E-state index contributed by atoms with van der Waals surface area (Å²) in [5.74, 6) is 1.08. The smallest absolute Gasteiger partial charge is 0.0645 e. The molecule has 3 aliphatic rings. The average Bonchev–Trinajstić information content (AvgIpc) is 3.17. The number of benzene rings is 1. The highest BCUT2D eigenvalue weighted by Crippen LogP contribution is 2.39. The van der Waals surface area contributed by atoms with E-state index in [4.69, 9.17) is 10.1 Å². The first-order chi connectivity index (χ1) is 16.0. The minimum absolute atomic E-state index is 0.435. The van der Waals surface area contributed by atoms with Crippen LogP contribution >= 0.6 is 0 Å². The van der Waals surface area contributed by atoms with Gasteiger partial charge in [-0.1, -0.05) is 31.6 Å². The molecule has 0 spiro atoms. The van der Waals surface area contributed by atoms with Crippen LogP contribution in [0, 0.1) is 5.41 Å². The fraction of sp³-hybridized carbons (Fsp3) is 0.552. The maximum atomic E-state index is 8.26. The molecule has 176 valence electrons. The minimum atomic E-state index is 0.435. The molecule has 0 bridgehead atoms. The number of rotatable bonds is 4. The molecule has 2 fully saturated rings. The number of H-pyrrole nitrogens is 1. The molecule has 0 saturated carbocycles. The Labute approximate surface area is 198 Å². The van der Waals surface area contributed by atoms with E-state index in [9.17, 15) is 0 Å². The van der Waals surface area contributed by atoms with Gasteiger partial charge in [0.1, 0.15) is 0 Å². The van der Waals surface area contributed by atoms with Gasteiger partial charge in [-0.2, -0.15) is 0 Å². The normalized spacial score (nSPS) is 25.2. The molecular weight excluding hydrogens is 406 g/mol. The first kappa shape index (κ1) is 22.6. The number of likely N-dealkylation sites (tertiary alicyclic amines) is 1. The first-order valence-corrected chi connectivity index (χ1v) is 12.9. The van der Waals surface area contributed by atoms with Crippen LogP contribution in [-0.4, -0.2) is 47.9 Å². The van der Waals surface area contributed by atoms with Crippen molar-refractivity contribution >= 4 is 22.2 Å². The Balaban J connectivity index is 1.49. The maximum Gasteiger partial charge on any atom is 0.0645 e. The number of fused-ring (bicyclic) bond motifs is 1. The molecule has 1 aliphatic carbocycles. The summed E-state index contributed by atoms with van der Waals surface area (Å²) in [6, 6.07) is 7.80. The topological polar surface area (TPSA) is 52.1 Å².